The standard InChI is InChI=1S/C28H52O4/c1-3-5-7-8-9-10-11-12-13-14-15-16-17-18-19-20-22-24-28(31)32-26(25-27(29)30)23-21-6-4-2/h12-13,26H,3-11,14-25H2,1-2H3,(H,29,30)/b13-12-. The van der Waals surface area contributed by atoms with Crippen LogP contribution in [0.1, 0.15) is 149 Å². The molecule has 1 unspecified atom stereocenters. The number of carboxylic acids is 1. The maximum atomic E-state index is 12.0. The van der Waals surface area contributed by atoms with Gasteiger partial charge >= 0.3 is 11.9 Å². The first-order chi connectivity index (χ1) is 15.6. The SMILES string of the molecule is CCCCCCCC/C=C\CCCCCCCCCC(=O)OC(CCCCC)CC(=O)O. The third-order valence-corrected chi connectivity index (χ3v) is 5.97. The van der Waals surface area contributed by atoms with Crippen molar-refractivity contribution in [3.05, 3.63) is 12.2 Å². The van der Waals surface area contributed by atoms with Crippen LogP contribution in [-0.2, 0) is 14.3 Å². The summed E-state index contributed by atoms with van der Waals surface area (Å²) in [7, 11) is 0. The van der Waals surface area contributed by atoms with E-state index in [4.69, 9.17) is 9.84 Å². The summed E-state index contributed by atoms with van der Waals surface area (Å²) in [6.07, 6.45) is 27.1. The minimum Gasteiger partial charge on any atom is -0.481 e. The number of hydrogen-bond donors (Lipinski definition) is 1. The molecule has 4 nitrogen and oxygen atoms in total. The van der Waals surface area contributed by atoms with Gasteiger partial charge in [-0.05, 0) is 44.9 Å². The van der Waals surface area contributed by atoms with Crippen LogP contribution in [0.5, 0.6) is 0 Å². The Morgan fingerprint density at radius 2 is 1.16 bits per heavy atom. The van der Waals surface area contributed by atoms with Crippen molar-refractivity contribution in [3.8, 4) is 0 Å². The molecule has 0 fully saturated rings. The third-order valence-electron chi connectivity index (χ3n) is 5.97. The molecule has 188 valence electrons. The van der Waals surface area contributed by atoms with Crippen molar-refractivity contribution in [2.75, 3.05) is 0 Å². The highest BCUT2D eigenvalue weighted by Crippen LogP contribution is 2.14. The van der Waals surface area contributed by atoms with Gasteiger partial charge < -0.3 is 9.84 Å². The van der Waals surface area contributed by atoms with Gasteiger partial charge in [-0.15, -0.1) is 0 Å². The Kier molecular flexibility index (Phi) is 23.3. The second kappa shape index (κ2) is 24.3. The highest BCUT2D eigenvalue weighted by molar-refractivity contribution is 5.71. The number of carbonyl (C=O) groups excluding carboxylic acids is 1. The van der Waals surface area contributed by atoms with E-state index in [9.17, 15) is 9.59 Å². The molecule has 0 saturated carbocycles. The lowest BCUT2D eigenvalue weighted by molar-refractivity contribution is -0.153. The highest BCUT2D eigenvalue weighted by atomic mass is 16.5. The largest absolute Gasteiger partial charge is 0.481 e. The zero-order chi connectivity index (χ0) is 23.7. The average Bonchev–Trinajstić information content (AvgIpc) is 2.75. The van der Waals surface area contributed by atoms with Gasteiger partial charge in [0, 0.05) is 6.42 Å². The summed E-state index contributed by atoms with van der Waals surface area (Å²) in [4.78, 5) is 23.0. The first-order valence-electron chi connectivity index (χ1n) is 13.7. The van der Waals surface area contributed by atoms with E-state index in [1.807, 2.05) is 0 Å². The molecule has 0 bridgehead atoms. The summed E-state index contributed by atoms with van der Waals surface area (Å²) < 4.78 is 5.41. The molecule has 0 aromatic rings. The average molecular weight is 453 g/mol. The van der Waals surface area contributed by atoms with Crippen molar-refractivity contribution in [1.82, 2.24) is 0 Å². The fourth-order valence-electron chi connectivity index (χ4n) is 3.96. The summed E-state index contributed by atoms with van der Waals surface area (Å²) in [6.45, 7) is 4.37. The van der Waals surface area contributed by atoms with E-state index < -0.39 is 12.1 Å². The van der Waals surface area contributed by atoms with Gasteiger partial charge in [0.2, 0.25) is 0 Å². The topological polar surface area (TPSA) is 63.6 Å². The molecule has 0 aromatic heterocycles. The number of ether oxygens (including phenoxy) is 1. The molecular formula is C28H52O4. The Morgan fingerprint density at radius 1 is 0.688 bits per heavy atom. The lowest BCUT2D eigenvalue weighted by Crippen LogP contribution is -2.21. The molecule has 0 aliphatic rings. The van der Waals surface area contributed by atoms with E-state index in [0.717, 1.165) is 38.5 Å². The van der Waals surface area contributed by atoms with Crippen LogP contribution < -0.4 is 0 Å². The predicted molar refractivity (Wildman–Crippen MR) is 135 cm³/mol. The Labute approximate surface area is 198 Å². The van der Waals surface area contributed by atoms with Crippen LogP contribution in [0.3, 0.4) is 0 Å². The van der Waals surface area contributed by atoms with Crippen LogP contribution in [0.15, 0.2) is 12.2 Å². The first-order valence-corrected chi connectivity index (χ1v) is 13.7. The number of rotatable bonds is 24. The third kappa shape index (κ3) is 23.3. The van der Waals surface area contributed by atoms with Crippen LogP contribution in [0.4, 0.5) is 0 Å². The number of hydrogen-bond acceptors (Lipinski definition) is 3. The maximum absolute atomic E-state index is 12.0. The fraction of sp³-hybridized carbons (Fsp3) is 0.857. The highest BCUT2D eigenvalue weighted by Gasteiger charge is 2.17. The lowest BCUT2D eigenvalue weighted by atomic mass is 10.1. The molecule has 0 amide bonds. The van der Waals surface area contributed by atoms with Crippen LogP contribution in [0.2, 0.25) is 0 Å². The van der Waals surface area contributed by atoms with Crippen LogP contribution in [0, 0.1) is 0 Å². The first kappa shape index (κ1) is 30.7. The number of esters is 1. The van der Waals surface area contributed by atoms with Crippen molar-refractivity contribution in [2.45, 2.75) is 155 Å². The number of carbonyl (C=O) groups is 2. The van der Waals surface area contributed by atoms with E-state index in [2.05, 4.69) is 26.0 Å². The molecule has 0 aliphatic carbocycles. The number of carboxylic acid groups (broad SMARTS) is 1. The Hall–Kier alpha value is -1.32. The number of aliphatic carboxylic acids is 1. The molecule has 1 N–H and O–H groups in total. The van der Waals surface area contributed by atoms with Gasteiger partial charge in [0.05, 0.1) is 6.42 Å². The molecule has 0 saturated heterocycles. The predicted octanol–water partition coefficient (Wildman–Crippen LogP) is 8.77. The van der Waals surface area contributed by atoms with Crippen molar-refractivity contribution in [1.29, 1.82) is 0 Å². The molecule has 0 rings (SSSR count). The van der Waals surface area contributed by atoms with Crippen molar-refractivity contribution >= 4 is 11.9 Å². The molecule has 0 aliphatic heterocycles. The fourth-order valence-corrected chi connectivity index (χ4v) is 3.96. The van der Waals surface area contributed by atoms with Crippen molar-refractivity contribution in [2.24, 2.45) is 0 Å². The summed E-state index contributed by atoms with van der Waals surface area (Å²) >= 11 is 0. The van der Waals surface area contributed by atoms with Gasteiger partial charge in [0.15, 0.2) is 0 Å². The molecule has 0 radical (unpaired) electrons. The van der Waals surface area contributed by atoms with Gasteiger partial charge in [0.25, 0.3) is 0 Å². The van der Waals surface area contributed by atoms with Crippen LogP contribution >= 0.6 is 0 Å². The molecule has 0 aromatic carbocycles. The second-order valence-electron chi connectivity index (χ2n) is 9.25. The van der Waals surface area contributed by atoms with Crippen molar-refractivity contribution in [3.63, 3.8) is 0 Å². The molecule has 4 heteroatoms. The smallest absolute Gasteiger partial charge is 0.307 e. The van der Waals surface area contributed by atoms with Gasteiger partial charge in [0.1, 0.15) is 6.10 Å². The zero-order valence-corrected chi connectivity index (χ0v) is 21.3. The van der Waals surface area contributed by atoms with Gasteiger partial charge in [-0.1, -0.05) is 103 Å². The normalized spacial score (nSPS) is 12.3. The van der Waals surface area contributed by atoms with E-state index in [0.29, 0.717) is 12.8 Å². The maximum Gasteiger partial charge on any atom is 0.307 e. The summed E-state index contributed by atoms with van der Waals surface area (Å²) in [5.74, 6) is -1.13. The summed E-state index contributed by atoms with van der Waals surface area (Å²) in [6, 6.07) is 0. The Morgan fingerprint density at radius 3 is 1.69 bits per heavy atom. The quantitative estimate of drug-likeness (QED) is 0.0902. The number of unbranched alkanes of at least 4 members (excludes halogenated alkanes) is 15. The van der Waals surface area contributed by atoms with Gasteiger partial charge in [-0.25, -0.2) is 0 Å². The molecule has 1 atom stereocenters. The second-order valence-corrected chi connectivity index (χ2v) is 9.25. The molecule has 0 heterocycles. The minimum atomic E-state index is -0.896. The van der Waals surface area contributed by atoms with E-state index in [1.54, 1.807) is 0 Å². The summed E-state index contributed by atoms with van der Waals surface area (Å²) in [5, 5.41) is 8.99. The van der Waals surface area contributed by atoms with E-state index >= 15 is 0 Å². The molecule has 0 spiro atoms. The molecule has 32 heavy (non-hydrogen) atoms. The summed E-state index contributed by atoms with van der Waals surface area (Å²) in [5.41, 5.74) is 0. The van der Waals surface area contributed by atoms with E-state index in [-0.39, 0.29) is 12.4 Å². The van der Waals surface area contributed by atoms with Crippen LogP contribution in [0.25, 0.3) is 0 Å². The van der Waals surface area contributed by atoms with Gasteiger partial charge in [-0.2, -0.15) is 0 Å². The van der Waals surface area contributed by atoms with Crippen molar-refractivity contribution < 1.29 is 19.4 Å². The zero-order valence-electron chi connectivity index (χ0n) is 21.3. The Balaban J connectivity index is 3.51. The minimum absolute atomic E-state index is 0.0797. The van der Waals surface area contributed by atoms with E-state index in [1.165, 1.54) is 77.0 Å². The monoisotopic (exact) mass is 452 g/mol. The Bertz CT molecular complexity index is 458. The number of allylic oxidation sites excluding steroid dienone is 2. The molecular weight excluding hydrogens is 400 g/mol. The van der Waals surface area contributed by atoms with Gasteiger partial charge in [-0.3, -0.25) is 9.59 Å². The van der Waals surface area contributed by atoms with Crippen LogP contribution in [-0.4, -0.2) is 23.1 Å². The lowest BCUT2D eigenvalue weighted by Gasteiger charge is -2.16.